The van der Waals surface area contributed by atoms with Gasteiger partial charge in [-0.05, 0) is 6.42 Å². The Morgan fingerprint density at radius 3 is 1.20 bits per heavy atom. The van der Waals surface area contributed by atoms with Crippen molar-refractivity contribution >= 4 is 0 Å². The number of rotatable bonds is 5. The van der Waals surface area contributed by atoms with Crippen LogP contribution in [0, 0.1) is 0 Å². The van der Waals surface area contributed by atoms with Crippen LogP contribution in [-0.2, 0) is 0 Å². The number of aliphatic hydroxyl groups excluding tert-OH is 6. The van der Waals surface area contributed by atoms with Gasteiger partial charge >= 0.3 is 0 Å². The van der Waals surface area contributed by atoms with Gasteiger partial charge in [0.25, 0.3) is 0 Å². The summed E-state index contributed by atoms with van der Waals surface area (Å²) in [5.74, 6) is 0. The fraction of sp³-hybridized carbons (Fsp3) is 1.00. The summed E-state index contributed by atoms with van der Waals surface area (Å²) in [6, 6.07) is 0. The van der Waals surface area contributed by atoms with Crippen molar-refractivity contribution in [1.82, 2.24) is 0 Å². The van der Waals surface area contributed by atoms with E-state index in [0.717, 1.165) is 0 Å². The number of hydrogen-bond acceptors (Lipinski definition) is 7. The van der Waals surface area contributed by atoms with Gasteiger partial charge in [-0.1, -0.05) is 6.92 Å². The largest absolute Gasteiger partial charge is 0.394 e. The lowest BCUT2D eigenvalue weighted by Gasteiger charge is -2.19. The van der Waals surface area contributed by atoms with E-state index >= 15 is 0 Å². The normalized spacial score (nSPS) is 16.6. The van der Waals surface area contributed by atoms with Crippen molar-refractivity contribution in [2.24, 2.45) is 0 Å². The minimum Gasteiger partial charge on any atom is -0.394 e. The van der Waals surface area contributed by atoms with Gasteiger partial charge in [0.2, 0.25) is 0 Å². The quantitative estimate of drug-likeness (QED) is 0.245. The Kier molecular flexibility index (Phi) is 11.7. The van der Waals surface area contributed by atoms with Crippen molar-refractivity contribution in [3.63, 3.8) is 0 Å². The zero-order chi connectivity index (χ0) is 12.4. The zero-order valence-electron chi connectivity index (χ0n) is 8.56. The fourth-order valence-electron chi connectivity index (χ4n) is 0.472. The first-order chi connectivity index (χ1) is 6.90. The molecule has 0 aliphatic carbocycles. The summed E-state index contributed by atoms with van der Waals surface area (Å²) in [5, 5.41) is 58.4. The fourth-order valence-corrected chi connectivity index (χ4v) is 0.472. The van der Waals surface area contributed by atoms with Crippen LogP contribution in [0.5, 0.6) is 0 Å². The molecule has 0 amide bonds. The van der Waals surface area contributed by atoms with Gasteiger partial charge in [0.15, 0.2) is 6.29 Å². The van der Waals surface area contributed by atoms with Crippen LogP contribution in [0.2, 0.25) is 0 Å². The number of aliphatic hydroxyl groups is 7. The van der Waals surface area contributed by atoms with Crippen molar-refractivity contribution in [1.29, 1.82) is 0 Å². The Bertz CT molecular complexity index is 120. The molecule has 3 atom stereocenters. The van der Waals surface area contributed by atoms with E-state index in [1.54, 1.807) is 6.92 Å². The Labute approximate surface area is 87.9 Å². The lowest BCUT2D eigenvalue weighted by molar-refractivity contribution is -0.0900. The summed E-state index contributed by atoms with van der Waals surface area (Å²) in [5.41, 5.74) is 0. The first-order valence-corrected chi connectivity index (χ1v) is 4.52. The summed E-state index contributed by atoms with van der Waals surface area (Å²) in [6.07, 6.45) is -4.99. The maximum absolute atomic E-state index is 8.77. The zero-order valence-corrected chi connectivity index (χ0v) is 8.56. The molecule has 0 rings (SSSR count). The summed E-state index contributed by atoms with van der Waals surface area (Å²) < 4.78 is 0. The molecule has 0 aliphatic heterocycles. The van der Waals surface area contributed by atoms with Crippen molar-refractivity contribution < 1.29 is 35.7 Å². The van der Waals surface area contributed by atoms with Crippen molar-refractivity contribution in [3.05, 3.63) is 0 Å². The van der Waals surface area contributed by atoms with E-state index < -0.39 is 37.8 Å². The molecule has 0 saturated heterocycles. The second-order valence-electron chi connectivity index (χ2n) is 2.88. The van der Waals surface area contributed by atoms with E-state index in [1.807, 2.05) is 0 Å². The van der Waals surface area contributed by atoms with Crippen LogP contribution in [0.1, 0.15) is 13.3 Å². The highest BCUT2D eigenvalue weighted by atomic mass is 16.5. The minimum atomic E-state index is -1.49. The SMILES string of the molecule is CCC(O)O.OC[C@@H](O)C(O)[C@@H](O)CO. The highest BCUT2D eigenvalue weighted by Crippen LogP contribution is 1.97. The standard InChI is InChI=1S/C5H12O5.C3H8O2/c6-1-3(8)5(10)4(9)2-7;1-2-3(4)5/h3-10H,1-2H2;3-5H,2H2,1H3/t3-,4+,5?;. The first-order valence-electron chi connectivity index (χ1n) is 4.52. The summed E-state index contributed by atoms with van der Waals surface area (Å²) in [6.45, 7) is 0.418. The van der Waals surface area contributed by atoms with Gasteiger partial charge in [-0.2, -0.15) is 0 Å². The van der Waals surface area contributed by atoms with Gasteiger partial charge in [0.05, 0.1) is 13.2 Å². The maximum atomic E-state index is 8.77. The Morgan fingerprint density at radius 2 is 1.07 bits per heavy atom. The van der Waals surface area contributed by atoms with Gasteiger partial charge in [0, 0.05) is 0 Å². The molecule has 0 radical (unpaired) electrons. The lowest BCUT2D eigenvalue weighted by Crippen LogP contribution is -2.41. The van der Waals surface area contributed by atoms with Crippen LogP contribution >= 0.6 is 0 Å². The van der Waals surface area contributed by atoms with Crippen LogP contribution < -0.4 is 0 Å². The van der Waals surface area contributed by atoms with Gasteiger partial charge < -0.3 is 35.7 Å². The molecule has 0 aromatic heterocycles. The third-order valence-electron chi connectivity index (χ3n) is 1.53. The van der Waals surface area contributed by atoms with E-state index in [2.05, 4.69) is 0 Å². The molecule has 7 heteroatoms. The highest BCUT2D eigenvalue weighted by Gasteiger charge is 2.22. The predicted octanol–water partition coefficient (Wildman–Crippen LogP) is -3.24. The molecular formula is C8H20O7. The van der Waals surface area contributed by atoms with Crippen LogP contribution in [0.4, 0.5) is 0 Å². The topological polar surface area (TPSA) is 142 Å². The van der Waals surface area contributed by atoms with Crippen molar-refractivity contribution in [3.8, 4) is 0 Å². The molecule has 7 nitrogen and oxygen atoms in total. The van der Waals surface area contributed by atoms with E-state index in [1.165, 1.54) is 0 Å². The van der Waals surface area contributed by atoms with Gasteiger partial charge in [-0.3, -0.25) is 0 Å². The molecule has 7 N–H and O–H groups in total. The van der Waals surface area contributed by atoms with Gasteiger partial charge in [-0.15, -0.1) is 0 Å². The highest BCUT2D eigenvalue weighted by molar-refractivity contribution is 4.73. The molecular weight excluding hydrogens is 208 g/mol. The molecule has 0 saturated carbocycles. The first kappa shape index (κ1) is 17.1. The van der Waals surface area contributed by atoms with Crippen molar-refractivity contribution in [2.45, 2.75) is 37.9 Å². The smallest absolute Gasteiger partial charge is 0.151 e. The molecule has 15 heavy (non-hydrogen) atoms. The molecule has 0 spiro atoms. The summed E-state index contributed by atoms with van der Waals surface area (Å²) in [7, 11) is 0. The van der Waals surface area contributed by atoms with Crippen molar-refractivity contribution in [2.75, 3.05) is 13.2 Å². The molecule has 0 aromatic carbocycles. The molecule has 1 unspecified atom stereocenters. The molecule has 0 heterocycles. The maximum Gasteiger partial charge on any atom is 0.151 e. The predicted molar refractivity (Wildman–Crippen MR) is 50.7 cm³/mol. The molecule has 0 aromatic rings. The average molecular weight is 228 g/mol. The van der Waals surface area contributed by atoms with E-state index in [9.17, 15) is 0 Å². The van der Waals surface area contributed by atoms with E-state index in [-0.39, 0.29) is 0 Å². The Hall–Kier alpha value is -0.280. The third kappa shape index (κ3) is 10.0. The third-order valence-corrected chi connectivity index (χ3v) is 1.53. The Balaban J connectivity index is 0. The Morgan fingerprint density at radius 1 is 0.800 bits per heavy atom. The monoisotopic (exact) mass is 228 g/mol. The van der Waals surface area contributed by atoms with Gasteiger partial charge in [0.1, 0.15) is 18.3 Å². The van der Waals surface area contributed by atoms with E-state index in [4.69, 9.17) is 35.7 Å². The van der Waals surface area contributed by atoms with Crippen LogP contribution in [-0.4, -0.2) is 73.6 Å². The molecule has 0 bridgehead atoms. The molecule has 0 aliphatic rings. The second-order valence-corrected chi connectivity index (χ2v) is 2.88. The molecule has 0 fully saturated rings. The average Bonchev–Trinajstić information content (AvgIpc) is 2.26. The number of hydrogen-bond donors (Lipinski definition) is 7. The summed E-state index contributed by atoms with van der Waals surface area (Å²) in [4.78, 5) is 0. The van der Waals surface area contributed by atoms with Crippen LogP contribution in [0.3, 0.4) is 0 Å². The van der Waals surface area contributed by atoms with Gasteiger partial charge in [-0.25, -0.2) is 0 Å². The minimum absolute atomic E-state index is 0.417. The molecule has 94 valence electrons. The second kappa shape index (κ2) is 10.2. The van der Waals surface area contributed by atoms with E-state index in [0.29, 0.717) is 6.42 Å². The summed E-state index contributed by atoms with van der Waals surface area (Å²) >= 11 is 0. The van der Waals surface area contributed by atoms with Crippen LogP contribution in [0.15, 0.2) is 0 Å². The van der Waals surface area contributed by atoms with Crippen LogP contribution in [0.25, 0.3) is 0 Å². The lowest BCUT2D eigenvalue weighted by atomic mass is 10.1.